The molecule has 4 nitrogen and oxygen atoms in total. The molecule has 0 unspecified atom stereocenters. The lowest BCUT2D eigenvalue weighted by Crippen LogP contribution is -1.98. The SMILES string of the molecule is CSc1ccc(-c2cnn(C)c2N)c(O)c1. The van der Waals surface area contributed by atoms with Crippen molar-refractivity contribution < 1.29 is 5.11 Å². The van der Waals surface area contributed by atoms with Crippen molar-refractivity contribution in [3.8, 4) is 16.9 Å². The van der Waals surface area contributed by atoms with Gasteiger partial charge in [-0.25, -0.2) is 0 Å². The fraction of sp³-hybridized carbons (Fsp3) is 0.182. The van der Waals surface area contributed by atoms with E-state index in [9.17, 15) is 5.11 Å². The molecule has 1 heterocycles. The van der Waals surface area contributed by atoms with Crippen molar-refractivity contribution in [1.82, 2.24) is 9.78 Å². The lowest BCUT2D eigenvalue weighted by Gasteiger charge is -2.05. The summed E-state index contributed by atoms with van der Waals surface area (Å²) in [5.74, 6) is 0.777. The van der Waals surface area contributed by atoms with E-state index in [1.165, 1.54) is 0 Å². The number of phenols is 1. The van der Waals surface area contributed by atoms with Crippen molar-refractivity contribution >= 4 is 17.6 Å². The van der Waals surface area contributed by atoms with E-state index in [1.54, 1.807) is 35.8 Å². The molecule has 0 fully saturated rings. The van der Waals surface area contributed by atoms with Gasteiger partial charge < -0.3 is 10.8 Å². The number of anilines is 1. The molecule has 0 radical (unpaired) electrons. The van der Waals surface area contributed by atoms with Gasteiger partial charge in [0.05, 0.1) is 6.20 Å². The molecule has 5 heteroatoms. The summed E-state index contributed by atoms with van der Waals surface area (Å²) in [7, 11) is 1.77. The Morgan fingerprint density at radius 2 is 2.12 bits per heavy atom. The first-order valence-electron chi connectivity index (χ1n) is 4.78. The highest BCUT2D eigenvalue weighted by molar-refractivity contribution is 7.98. The molecule has 84 valence electrons. The van der Waals surface area contributed by atoms with Gasteiger partial charge in [0.25, 0.3) is 0 Å². The second-order valence-electron chi connectivity index (χ2n) is 3.45. The maximum atomic E-state index is 9.90. The minimum absolute atomic E-state index is 0.228. The quantitative estimate of drug-likeness (QED) is 0.782. The van der Waals surface area contributed by atoms with Gasteiger partial charge in [0.15, 0.2) is 0 Å². The third-order valence-electron chi connectivity index (χ3n) is 2.48. The molecule has 0 saturated carbocycles. The predicted octanol–water partition coefficient (Wildman–Crippen LogP) is 2.10. The second-order valence-corrected chi connectivity index (χ2v) is 4.33. The van der Waals surface area contributed by atoms with Crippen LogP contribution < -0.4 is 5.73 Å². The molecule has 0 aliphatic carbocycles. The highest BCUT2D eigenvalue weighted by Gasteiger charge is 2.11. The fourth-order valence-corrected chi connectivity index (χ4v) is 1.95. The average Bonchev–Trinajstić information content (AvgIpc) is 2.60. The molecule has 0 bridgehead atoms. The zero-order valence-corrected chi connectivity index (χ0v) is 9.95. The van der Waals surface area contributed by atoms with Gasteiger partial charge in [-0.2, -0.15) is 5.10 Å². The van der Waals surface area contributed by atoms with Crippen LogP contribution >= 0.6 is 11.8 Å². The molecule has 0 saturated heterocycles. The molecule has 1 aromatic heterocycles. The molecule has 2 aromatic rings. The number of benzene rings is 1. The number of nitrogens with two attached hydrogens (primary N) is 1. The Labute approximate surface area is 98.1 Å². The number of phenolic OH excluding ortho intramolecular Hbond substituents is 1. The minimum Gasteiger partial charge on any atom is -0.507 e. The molecule has 3 N–H and O–H groups in total. The first-order valence-corrected chi connectivity index (χ1v) is 6.01. The van der Waals surface area contributed by atoms with E-state index in [1.807, 2.05) is 18.4 Å². The normalized spacial score (nSPS) is 10.6. The van der Waals surface area contributed by atoms with Crippen LogP contribution in [-0.4, -0.2) is 21.1 Å². The van der Waals surface area contributed by atoms with E-state index in [0.717, 1.165) is 10.5 Å². The number of hydrogen-bond acceptors (Lipinski definition) is 4. The first kappa shape index (κ1) is 10.9. The molecule has 1 aromatic carbocycles. The highest BCUT2D eigenvalue weighted by atomic mass is 32.2. The number of hydrogen-bond donors (Lipinski definition) is 2. The van der Waals surface area contributed by atoms with Gasteiger partial charge in [0, 0.05) is 23.1 Å². The van der Waals surface area contributed by atoms with Crippen molar-refractivity contribution in [2.45, 2.75) is 4.90 Å². The molecule has 0 spiro atoms. The smallest absolute Gasteiger partial charge is 0.129 e. The van der Waals surface area contributed by atoms with Crippen molar-refractivity contribution in [1.29, 1.82) is 0 Å². The van der Waals surface area contributed by atoms with Gasteiger partial charge in [-0.3, -0.25) is 4.68 Å². The Morgan fingerprint density at radius 1 is 1.38 bits per heavy atom. The molecular weight excluding hydrogens is 222 g/mol. The summed E-state index contributed by atoms with van der Waals surface area (Å²) in [6, 6.07) is 5.53. The van der Waals surface area contributed by atoms with E-state index in [4.69, 9.17) is 5.73 Å². The van der Waals surface area contributed by atoms with Crippen LogP contribution in [0.4, 0.5) is 5.82 Å². The fourth-order valence-electron chi connectivity index (χ4n) is 1.52. The molecule has 2 rings (SSSR count). The van der Waals surface area contributed by atoms with Crippen LogP contribution in [0.5, 0.6) is 5.75 Å². The highest BCUT2D eigenvalue weighted by Crippen LogP contribution is 2.34. The summed E-state index contributed by atoms with van der Waals surface area (Å²) in [6.45, 7) is 0. The summed E-state index contributed by atoms with van der Waals surface area (Å²) < 4.78 is 1.58. The number of nitrogens with zero attached hydrogens (tertiary/aromatic N) is 2. The number of nitrogen functional groups attached to an aromatic ring is 1. The molecular formula is C11H13N3OS. The van der Waals surface area contributed by atoms with Gasteiger partial charge in [-0.05, 0) is 24.5 Å². The first-order chi connectivity index (χ1) is 7.63. The summed E-state index contributed by atoms with van der Waals surface area (Å²) in [6.07, 6.45) is 3.62. The van der Waals surface area contributed by atoms with Gasteiger partial charge in [-0.15, -0.1) is 11.8 Å². The van der Waals surface area contributed by atoms with Crippen LogP contribution in [0.1, 0.15) is 0 Å². The van der Waals surface area contributed by atoms with E-state index < -0.39 is 0 Å². The zero-order valence-electron chi connectivity index (χ0n) is 9.14. The van der Waals surface area contributed by atoms with Gasteiger partial charge in [0.2, 0.25) is 0 Å². The lowest BCUT2D eigenvalue weighted by atomic mass is 10.1. The number of thioether (sulfide) groups is 1. The maximum Gasteiger partial charge on any atom is 0.129 e. The average molecular weight is 235 g/mol. The predicted molar refractivity (Wildman–Crippen MR) is 66.5 cm³/mol. The topological polar surface area (TPSA) is 64.1 Å². The van der Waals surface area contributed by atoms with Crippen LogP contribution in [0.3, 0.4) is 0 Å². The van der Waals surface area contributed by atoms with Crippen molar-refractivity contribution in [2.24, 2.45) is 7.05 Å². The number of aromatic nitrogens is 2. The van der Waals surface area contributed by atoms with Gasteiger partial charge in [0.1, 0.15) is 11.6 Å². The Balaban J connectivity index is 2.52. The molecule has 0 amide bonds. The van der Waals surface area contributed by atoms with Crippen molar-refractivity contribution in [3.63, 3.8) is 0 Å². The monoisotopic (exact) mass is 235 g/mol. The van der Waals surface area contributed by atoms with Crippen molar-refractivity contribution in [3.05, 3.63) is 24.4 Å². The van der Waals surface area contributed by atoms with Crippen LogP contribution in [0.15, 0.2) is 29.3 Å². The Hall–Kier alpha value is -1.62. The van der Waals surface area contributed by atoms with E-state index >= 15 is 0 Å². The van der Waals surface area contributed by atoms with E-state index in [-0.39, 0.29) is 5.75 Å². The molecule has 16 heavy (non-hydrogen) atoms. The number of aryl methyl sites for hydroxylation is 1. The number of aromatic hydroxyl groups is 1. The van der Waals surface area contributed by atoms with Gasteiger partial charge >= 0.3 is 0 Å². The van der Waals surface area contributed by atoms with Gasteiger partial charge in [-0.1, -0.05) is 0 Å². The molecule has 0 aliphatic rings. The minimum atomic E-state index is 0.228. The summed E-state index contributed by atoms with van der Waals surface area (Å²) in [5, 5.41) is 14.0. The Morgan fingerprint density at radius 3 is 2.62 bits per heavy atom. The number of rotatable bonds is 2. The van der Waals surface area contributed by atoms with Crippen LogP contribution in [-0.2, 0) is 7.05 Å². The summed E-state index contributed by atoms with van der Waals surface area (Å²) in [4.78, 5) is 1.02. The zero-order chi connectivity index (χ0) is 11.7. The Kier molecular flexibility index (Phi) is 2.78. The molecule has 0 aliphatic heterocycles. The molecule has 0 atom stereocenters. The van der Waals surface area contributed by atoms with Crippen LogP contribution in [0, 0.1) is 0 Å². The summed E-state index contributed by atoms with van der Waals surface area (Å²) >= 11 is 1.58. The van der Waals surface area contributed by atoms with E-state index in [2.05, 4.69) is 5.10 Å². The summed E-state index contributed by atoms with van der Waals surface area (Å²) in [5.41, 5.74) is 7.33. The van der Waals surface area contributed by atoms with Crippen LogP contribution in [0.2, 0.25) is 0 Å². The standard InChI is InChI=1S/C11H13N3OS/c1-14-11(12)9(6-13-14)8-4-3-7(16-2)5-10(8)15/h3-6,15H,12H2,1-2H3. The third-order valence-corrected chi connectivity index (χ3v) is 3.21. The van der Waals surface area contributed by atoms with Crippen LogP contribution in [0.25, 0.3) is 11.1 Å². The third kappa shape index (κ3) is 1.74. The Bertz CT molecular complexity index is 522. The lowest BCUT2D eigenvalue weighted by molar-refractivity contribution is 0.476. The van der Waals surface area contributed by atoms with E-state index in [0.29, 0.717) is 11.4 Å². The second kappa shape index (κ2) is 4.09. The largest absolute Gasteiger partial charge is 0.507 e. The van der Waals surface area contributed by atoms with Crippen molar-refractivity contribution in [2.75, 3.05) is 12.0 Å². The maximum absolute atomic E-state index is 9.90.